The van der Waals surface area contributed by atoms with Crippen molar-refractivity contribution in [3.05, 3.63) is 65.8 Å². The second kappa shape index (κ2) is 8.57. The molecule has 3 heterocycles. The minimum absolute atomic E-state index is 0.160. The van der Waals surface area contributed by atoms with E-state index in [1.807, 2.05) is 37.3 Å². The highest BCUT2D eigenvalue weighted by Crippen LogP contribution is 2.31. The van der Waals surface area contributed by atoms with E-state index in [-0.39, 0.29) is 11.6 Å². The van der Waals surface area contributed by atoms with E-state index in [0.29, 0.717) is 29.1 Å². The van der Waals surface area contributed by atoms with Crippen molar-refractivity contribution in [2.75, 3.05) is 17.7 Å². The number of amides is 1. The van der Waals surface area contributed by atoms with Crippen molar-refractivity contribution in [2.24, 2.45) is 0 Å². The number of nitrogens with one attached hydrogen (secondary N) is 3. The van der Waals surface area contributed by atoms with Crippen molar-refractivity contribution in [3.8, 4) is 11.5 Å². The normalized spacial score (nSPS) is 10.5. The molecule has 156 valence electrons. The predicted octanol–water partition coefficient (Wildman–Crippen LogP) is 3.39. The van der Waals surface area contributed by atoms with E-state index in [1.165, 1.54) is 7.05 Å². The van der Waals surface area contributed by atoms with E-state index < -0.39 is 0 Å². The number of carbonyl (C=O) groups excluding carboxylic acids is 1. The first-order valence-corrected chi connectivity index (χ1v) is 9.50. The van der Waals surface area contributed by atoms with E-state index >= 15 is 0 Å². The average molecular weight is 416 g/mol. The summed E-state index contributed by atoms with van der Waals surface area (Å²) in [5, 5.41) is 25.1. The summed E-state index contributed by atoms with van der Waals surface area (Å²) in [6.45, 7) is 3.67. The largest absolute Gasteiger partial charge is 0.421 e. The van der Waals surface area contributed by atoms with E-state index in [4.69, 9.17) is 4.42 Å². The van der Waals surface area contributed by atoms with Gasteiger partial charge in [0.15, 0.2) is 11.5 Å². The maximum absolute atomic E-state index is 12.4. The summed E-state index contributed by atoms with van der Waals surface area (Å²) < 4.78 is 5.57. The van der Waals surface area contributed by atoms with Crippen LogP contribution in [0.3, 0.4) is 0 Å². The van der Waals surface area contributed by atoms with Crippen LogP contribution in [-0.4, -0.2) is 38.3 Å². The fourth-order valence-electron chi connectivity index (χ4n) is 2.96. The highest BCUT2D eigenvalue weighted by molar-refractivity contribution is 5.98. The zero-order valence-corrected chi connectivity index (χ0v) is 17.2. The topological polar surface area (TPSA) is 131 Å². The second-order valence-corrected chi connectivity index (χ2v) is 6.64. The molecule has 0 saturated carbocycles. The van der Waals surface area contributed by atoms with E-state index in [9.17, 15) is 4.79 Å². The van der Waals surface area contributed by atoms with Gasteiger partial charge < -0.3 is 20.4 Å². The number of hydrogen-bond acceptors (Lipinski definition) is 9. The number of pyridine rings is 1. The van der Waals surface area contributed by atoms with Crippen LogP contribution in [0.5, 0.6) is 0 Å². The predicted molar refractivity (Wildman–Crippen MR) is 115 cm³/mol. The van der Waals surface area contributed by atoms with Gasteiger partial charge in [-0.3, -0.25) is 4.79 Å². The molecule has 0 unspecified atom stereocenters. The van der Waals surface area contributed by atoms with Crippen molar-refractivity contribution in [1.29, 1.82) is 0 Å². The number of nitrogens with zero attached hydrogens (tertiary/aromatic N) is 5. The summed E-state index contributed by atoms with van der Waals surface area (Å²) in [5.74, 6) is 1.60. The second-order valence-electron chi connectivity index (χ2n) is 6.64. The molecule has 4 rings (SSSR count). The molecule has 1 amide bonds. The van der Waals surface area contributed by atoms with Crippen LogP contribution in [0.2, 0.25) is 0 Å². The third-order valence-electron chi connectivity index (χ3n) is 4.52. The third-order valence-corrected chi connectivity index (χ3v) is 4.52. The molecule has 4 aromatic rings. The maximum atomic E-state index is 12.4. The van der Waals surface area contributed by atoms with Crippen LogP contribution < -0.4 is 16.0 Å². The lowest BCUT2D eigenvalue weighted by atomic mass is 10.1. The quantitative estimate of drug-likeness (QED) is 0.433. The minimum atomic E-state index is -0.360. The molecule has 0 spiro atoms. The van der Waals surface area contributed by atoms with Crippen molar-refractivity contribution in [3.63, 3.8) is 0 Å². The first-order valence-electron chi connectivity index (χ1n) is 9.50. The highest BCUT2D eigenvalue weighted by atomic mass is 16.4. The Labute approximate surface area is 178 Å². The van der Waals surface area contributed by atoms with Crippen LogP contribution >= 0.6 is 0 Å². The monoisotopic (exact) mass is 416 g/mol. The number of carbonyl (C=O) groups is 1. The maximum Gasteiger partial charge on any atom is 0.273 e. The van der Waals surface area contributed by atoms with Crippen molar-refractivity contribution in [1.82, 2.24) is 30.7 Å². The Hall–Kier alpha value is -4.34. The lowest BCUT2D eigenvalue weighted by Crippen LogP contribution is -2.21. The summed E-state index contributed by atoms with van der Waals surface area (Å²) in [5.41, 5.74) is 3.07. The first kappa shape index (κ1) is 20.0. The number of rotatable bonds is 6. The Morgan fingerprint density at radius 1 is 0.903 bits per heavy atom. The van der Waals surface area contributed by atoms with Crippen LogP contribution in [0.15, 0.2) is 53.1 Å². The smallest absolute Gasteiger partial charge is 0.273 e. The van der Waals surface area contributed by atoms with Gasteiger partial charge in [-0.05, 0) is 36.8 Å². The van der Waals surface area contributed by atoms with Crippen LogP contribution in [0.1, 0.15) is 21.9 Å². The Morgan fingerprint density at radius 3 is 2.48 bits per heavy atom. The first-order chi connectivity index (χ1) is 15.0. The number of aromatic nitrogens is 5. The van der Waals surface area contributed by atoms with Gasteiger partial charge in [0.1, 0.15) is 5.82 Å². The van der Waals surface area contributed by atoms with Crippen LogP contribution in [0.25, 0.3) is 11.5 Å². The SMILES string of the molecule is CNC(=O)c1nnc(Nc2ccccn2)cc1Nc1cccc(-c2nnc(C)o2)c1C. The third kappa shape index (κ3) is 4.32. The Balaban J connectivity index is 1.71. The van der Waals surface area contributed by atoms with Crippen LogP contribution in [0.4, 0.5) is 23.0 Å². The number of aryl methyl sites for hydroxylation is 1. The molecular formula is C21H20N8O2. The molecular weight excluding hydrogens is 396 g/mol. The van der Waals surface area contributed by atoms with E-state index in [0.717, 1.165) is 16.8 Å². The molecule has 0 aliphatic rings. The lowest BCUT2D eigenvalue weighted by Gasteiger charge is -2.15. The molecule has 0 bridgehead atoms. The zero-order valence-electron chi connectivity index (χ0n) is 17.2. The number of hydrogen-bond donors (Lipinski definition) is 3. The van der Waals surface area contributed by atoms with Gasteiger partial charge in [-0.25, -0.2) is 4.98 Å². The Morgan fingerprint density at radius 2 is 1.77 bits per heavy atom. The fourth-order valence-corrected chi connectivity index (χ4v) is 2.96. The van der Waals surface area contributed by atoms with E-state index in [2.05, 4.69) is 41.3 Å². The van der Waals surface area contributed by atoms with Gasteiger partial charge in [0.25, 0.3) is 5.91 Å². The fraction of sp³-hybridized carbons (Fsp3) is 0.143. The molecule has 10 heteroatoms. The minimum Gasteiger partial charge on any atom is -0.421 e. The summed E-state index contributed by atoms with van der Waals surface area (Å²) in [6.07, 6.45) is 1.67. The van der Waals surface area contributed by atoms with Crippen molar-refractivity contribution in [2.45, 2.75) is 13.8 Å². The van der Waals surface area contributed by atoms with Gasteiger partial charge in [0, 0.05) is 37.5 Å². The number of anilines is 4. The zero-order chi connectivity index (χ0) is 21.8. The molecule has 3 N–H and O–H groups in total. The van der Waals surface area contributed by atoms with Crippen molar-refractivity contribution < 1.29 is 9.21 Å². The highest BCUT2D eigenvalue weighted by Gasteiger charge is 2.17. The molecule has 31 heavy (non-hydrogen) atoms. The lowest BCUT2D eigenvalue weighted by molar-refractivity contribution is 0.0958. The molecule has 0 fully saturated rings. The summed E-state index contributed by atoms with van der Waals surface area (Å²) in [4.78, 5) is 16.6. The molecule has 1 aromatic carbocycles. The molecule has 0 saturated heterocycles. The van der Waals surface area contributed by atoms with Gasteiger partial charge >= 0.3 is 0 Å². The molecule has 0 aliphatic heterocycles. The van der Waals surface area contributed by atoms with Gasteiger partial charge in [0.2, 0.25) is 11.8 Å². The van der Waals surface area contributed by atoms with Gasteiger partial charge in [-0.15, -0.1) is 20.4 Å². The van der Waals surface area contributed by atoms with Crippen LogP contribution in [-0.2, 0) is 0 Å². The average Bonchev–Trinajstić information content (AvgIpc) is 3.21. The molecule has 0 atom stereocenters. The van der Waals surface area contributed by atoms with Crippen LogP contribution in [0, 0.1) is 13.8 Å². The summed E-state index contributed by atoms with van der Waals surface area (Å²) in [7, 11) is 1.54. The standard InChI is InChI=1S/C21H20N8O2/c1-12-14(21-29-26-13(2)31-21)7-6-8-15(12)24-16-11-18(25-17-9-4-5-10-23-17)27-28-19(16)20(30)22-3/h4-11H,1-3H3,(H,22,30)(H2,23,24,25,27). The van der Waals surface area contributed by atoms with Gasteiger partial charge in [-0.2, -0.15) is 0 Å². The Bertz CT molecular complexity index is 1220. The van der Waals surface area contributed by atoms with E-state index in [1.54, 1.807) is 25.3 Å². The van der Waals surface area contributed by atoms with Gasteiger partial charge in [0.05, 0.1) is 5.69 Å². The molecule has 0 radical (unpaired) electrons. The van der Waals surface area contributed by atoms with Crippen molar-refractivity contribution >= 4 is 28.9 Å². The number of benzene rings is 1. The summed E-state index contributed by atoms with van der Waals surface area (Å²) >= 11 is 0. The Kier molecular flexibility index (Phi) is 5.52. The summed E-state index contributed by atoms with van der Waals surface area (Å²) in [6, 6.07) is 12.8. The molecule has 10 nitrogen and oxygen atoms in total. The molecule has 0 aliphatic carbocycles. The molecule has 3 aromatic heterocycles. The van der Waals surface area contributed by atoms with Gasteiger partial charge in [-0.1, -0.05) is 12.1 Å².